The minimum Gasteiger partial charge on any atom is -0.478 e. The van der Waals surface area contributed by atoms with Gasteiger partial charge in [0.05, 0.1) is 10.5 Å². The molecule has 134 valence electrons. The summed E-state index contributed by atoms with van der Waals surface area (Å²) in [5, 5.41) is 9.27. The van der Waals surface area contributed by atoms with Crippen LogP contribution in [0.5, 0.6) is 0 Å². The van der Waals surface area contributed by atoms with Crippen LogP contribution in [0.3, 0.4) is 0 Å². The summed E-state index contributed by atoms with van der Waals surface area (Å²) in [5.41, 5.74) is 1.75. The number of carboxylic acids is 1. The van der Waals surface area contributed by atoms with Gasteiger partial charge in [-0.15, -0.1) is 12.4 Å². The van der Waals surface area contributed by atoms with E-state index in [4.69, 9.17) is 0 Å². The maximum absolute atomic E-state index is 13.0. The van der Waals surface area contributed by atoms with Crippen molar-refractivity contribution in [3.63, 3.8) is 0 Å². The number of hydrogen-bond donors (Lipinski definition) is 1. The lowest BCUT2D eigenvalue weighted by atomic mass is 10.1. The van der Waals surface area contributed by atoms with Gasteiger partial charge in [-0.1, -0.05) is 6.92 Å². The minimum atomic E-state index is -3.63. The summed E-state index contributed by atoms with van der Waals surface area (Å²) >= 11 is 0. The summed E-state index contributed by atoms with van der Waals surface area (Å²) in [5.74, 6) is -1.08. The summed E-state index contributed by atoms with van der Waals surface area (Å²) in [4.78, 5) is 13.7. The fraction of sp³-hybridized carbons (Fsp3) is 0.562. The van der Waals surface area contributed by atoms with Gasteiger partial charge in [0, 0.05) is 26.2 Å². The molecule has 1 aliphatic carbocycles. The van der Waals surface area contributed by atoms with Crippen LogP contribution in [-0.4, -0.2) is 61.4 Å². The molecule has 2 aliphatic rings. The van der Waals surface area contributed by atoms with Crippen LogP contribution in [0.2, 0.25) is 0 Å². The molecule has 24 heavy (non-hydrogen) atoms. The number of hydrogen-bond acceptors (Lipinski definition) is 4. The van der Waals surface area contributed by atoms with Crippen molar-refractivity contribution in [3.8, 4) is 0 Å². The van der Waals surface area contributed by atoms with E-state index < -0.39 is 16.0 Å². The molecule has 6 nitrogen and oxygen atoms in total. The number of likely N-dealkylation sites (N-methyl/N-ethyl adjacent to an activating group) is 1. The molecule has 1 aromatic carbocycles. The lowest BCUT2D eigenvalue weighted by Crippen LogP contribution is -2.48. The molecular weight excluding hydrogens is 352 g/mol. The van der Waals surface area contributed by atoms with Crippen LogP contribution in [0.1, 0.15) is 34.8 Å². The first kappa shape index (κ1) is 19.2. The van der Waals surface area contributed by atoms with Gasteiger partial charge in [-0.25, -0.2) is 13.2 Å². The van der Waals surface area contributed by atoms with Crippen LogP contribution in [-0.2, 0) is 22.9 Å². The molecule has 0 bridgehead atoms. The smallest absolute Gasteiger partial charge is 0.335 e. The van der Waals surface area contributed by atoms with Crippen molar-refractivity contribution >= 4 is 28.4 Å². The minimum absolute atomic E-state index is 0. The van der Waals surface area contributed by atoms with E-state index in [2.05, 4.69) is 11.8 Å². The van der Waals surface area contributed by atoms with Gasteiger partial charge in [0.25, 0.3) is 0 Å². The topological polar surface area (TPSA) is 77.9 Å². The van der Waals surface area contributed by atoms with Crippen molar-refractivity contribution in [1.29, 1.82) is 0 Å². The van der Waals surface area contributed by atoms with Crippen molar-refractivity contribution in [2.75, 3.05) is 32.7 Å². The van der Waals surface area contributed by atoms with E-state index in [0.717, 1.165) is 43.6 Å². The predicted octanol–water partition coefficient (Wildman–Crippen LogP) is 1.62. The van der Waals surface area contributed by atoms with Crippen LogP contribution in [0, 0.1) is 0 Å². The summed E-state index contributed by atoms with van der Waals surface area (Å²) in [6.45, 7) is 5.34. The zero-order valence-corrected chi connectivity index (χ0v) is 15.3. The third-order valence-electron chi connectivity index (χ3n) is 4.82. The summed E-state index contributed by atoms with van der Waals surface area (Å²) < 4.78 is 27.6. The Balaban J connectivity index is 0.00000208. The molecule has 1 fully saturated rings. The second-order valence-corrected chi connectivity index (χ2v) is 8.02. The van der Waals surface area contributed by atoms with Crippen molar-refractivity contribution in [1.82, 2.24) is 9.21 Å². The zero-order valence-electron chi connectivity index (χ0n) is 13.7. The summed E-state index contributed by atoms with van der Waals surface area (Å²) in [6.07, 6.45) is 2.34. The quantitative estimate of drug-likeness (QED) is 0.866. The molecule has 0 atom stereocenters. The van der Waals surface area contributed by atoms with E-state index in [-0.39, 0.29) is 22.9 Å². The van der Waals surface area contributed by atoms with E-state index in [0.29, 0.717) is 19.5 Å². The summed E-state index contributed by atoms with van der Waals surface area (Å²) in [6, 6.07) is 2.97. The van der Waals surface area contributed by atoms with Gasteiger partial charge in [0.2, 0.25) is 10.0 Å². The number of carboxylic acid groups (broad SMARTS) is 1. The maximum atomic E-state index is 13.0. The first-order valence-electron chi connectivity index (χ1n) is 8.05. The van der Waals surface area contributed by atoms with E-state index in [1.807, 2.05) is 0 Å². The number of fused-ring (bicyclic) bond motifs is 1. The average molecular weight is 375 g/mol. The molecule has 0 amide bonds. The number of aromatic carboxylic acids is 1. The highest BCUT2D eigenvalue weighted by Gasteiger charge is 2.32. The van der Waals surface area contributed by atoms with E-state index in [9.17, 15) is 18.3 Å². The number of nitrogens with zero attached hydrogens (tertiary/aromatic N) is 2. The number of piperazine rings is 1. The molecule has 0 unspecified atom stereocenters. The lowest BCUT2D eigenvalue weighted by molar-refractivity contribution is 0.0696. The number of benzene rings is 1. The Morgan fingerprint density at radius 2 is 1.83 bits per heavy atom. The van der Waals surface area contributed by atoms with Crippen LogP contribution in [0.4, 0.5) is 0 Å². The van der Waals surface area contributed by atoms with Gasteiger partial charge in [-0.3, -0.25) is 0 Å². The molecule has 1 heterocycles. The van der Waals surface area contributed by atoms with Crippen molar-refractivity contribution in [3.05, 3.63) is 28.8 Å². The number of rotatable bonds is 4. The zero-order chi connectivity index (χ0) is 16.6. The SMILES string of the molecule is CCN1CCN(S(=O)(=O)c2cc(C(=O)O)cc3c2CCC3)CC1.Cl. The maximum Gasteiger partial charge on any atom is 0.335 e. The Kier molecular flexibility index (Phi) is 5.91. The van der Waals surface area contributed by atoms with Crippen molar-refractivity contribution in [2.45, 2.75) is 31.1 Å². The van der Waals surface area contributed by atoms with Crippen LogP contribution in [0.25, 0.3) is 0 Å². The lowest BCUT2D eigenvalue weighted by Gasteiger charge is -2.33. The van der Waals surface area contributed by atoms with Crippen molar-refractivity contribution in [2.24, 2.45) is 0 Å². The predicted molar refractivity (Wildman–Crippen MR) is 93.5 cm³/mol. The fourth-order valence-electron chi connectivity index (χ4n) is 3.44. The standard InChI is InChI=1S/C16H22N2O4S.ClH/c1-2-17-6-8-18(9-7-17)23(21,22)15-11-13(16(19)20)10-12-4-3-5-14(12)15;/h10-11H,2-9H2,1H3,(H,19,20);1H. The van der Waals surface area contributed by atoms with E-state index in [1.54, 1.807) is 6.07 Å². The van der Waals surface area contributed by atoms with Gasteiger partial charge in [-0.05, 0) is 49.1 Å². The molecule has 0 saturated carbocycles. The number of sulfonamides is 1. The number of aryl methyl sites for hydroxylation is 1. The molecule has 1 N–H and O–H groups in total. The third-order valence-corrected chi connectivity index (χ3v) is 6.78. The number of carbonyl (C=O) groups is 1. The molecule has 0 radical (unpaired) electrons. The summed E-state index contributed by atoms with van der Waals surface area (Å²) in [7, 11) is -3.63. The van der Waals surface area contributed by atoms with Crippen LogP contribution < -0.4 is 0 Å². The first-order valence-corrected chi connectivity index (χ1v) is 9.49. The molecule has 3 rings (SSSR count). The van der Waals surface area contributed by atoms with Crippen LogP contribution in [0.15, 0.2) is 17.0 Å². The second kappa shape index (κ2) is 7.39. The largest absolute Gasteiger partial charge is 0.478 e. The van der Waals surface area contributed by atoms with Gasteiger partial charge in [-0.2, -0.15) is 4.31 Å². The third kappa shape index (κ3) is 3.44. The van der Waals surface area contributed by atoms with E-state index in [1.165, 1.54) is 10.4 Å². The molecule has 0 spiro atoms. The molecule has 8 heteroatoms. The molecule has 0 aromatic heterocycles. The Hall–Kier alpha value is -1.15. The normalized spacial score (nSPS) is 18.9. The van der Waals surface area contributed by atoms with Gasteiger partial charge >= 0.3 is 5.97 Å². The highest BCUT2D eigenvalue weighted by atomic mass is 35.5. The van der Waals surface area contributed by atoms with Crippen molar-refractivity contribution < 1.29 is 18.3 Å². The Morgan fingerprint density at radius 3 is 2.42 bits per heavy atom. The molecular formula is C16H23ClN2O4S. The average Bonchev–Trinajstić information content (AvgIpc) is 3.02. The monoisotopic (exact) mass is 374 g/mol. The second-order valence-electron chi connectivity index (χ2n) is 6.11. The molecule has 1 saturated heterocycles. The Morgan fingerprint density at radius 1 is 1.17 bits per heavy atom. The number of halogens is 1. The Labute approximate surface area is 148 Å². The first-order chi connectivity index (χ1) is 10.9. The van der Waals surface area contributed by atoms with Gasteiger partial charge < -0.3 is 10.0 Å². The Bertz CT molecular complexity index is 728. The highest BCUT2D eigenvalue weighted by Crippen LogP contribution is 2.32. The fourth-order valence-corrected chi connectivity index (χ4v) is 5.19. The van der Waals surface area contributed by atoms with Crippen LogP contribution >= 0.6 is 12.4 Å². The van der Waals surface area contributed by atoms with Gasteiger partial charge in [0.1, 0.15) is 0 Å². The van der Waals surface area contributed by atoms with E-state index >= 15 is 0 Å². The van der Waals surface area contributed by atoms with Gasteiger partial charge in [0.15, 0.2) is 0 Å². The highest BCUT2D eigenvalue weighted by molar-refractivity contribution is 7.89. The molecule has 1 aromatic rings. The molecule has 1 aliphatic heterocycles.